The molecule has 92 valence electrons. The van der Waals surface area contributed by atoms with Crippen LogP contribution in [0.25, 0.3) is 0 Å². The molecule has 2 heterocycles. The summed E-state index contributed by atoms with van der Waals surface area (Å²) in [7, 11) is 0. The Labute approximate surface area is 98.8 Å². The maximum Gasteiger partial charge on any atom is 0.248 e. The first-order chi connectivity index (χ1) is 8.01. The number of aromatic nitrogens is 1. The van der Waals surface area contributed by atoms with Crippen LogP contribution >= 0.6 is 0 Å². The molecule has 0 spiro atoms. The Bertz CT molecular complexity index is 442. The summed E-state index contributed by atoms with van der Waals surface area (Å²) in [6.45, 7) is 2.43. The molecule has 2 rings (SSSR count). The highest BCUT2D eigenvalue weighted by Gasteiger charge is 2.38. The van der Waals surface area contributed by atoms with Crippen molar-refractivity contribution < 1.29 is 14.6 Å². The lowest BCUT2D eigenvalue weighted by molar-refractivity contribution is -0.121. The summed E-state index contributed by atoms with van der Waals surface area (Å²) >= 11 is 0. The first-order valence-electron chi connectivity index (χ1n) is 5.36. The van der Waals surface area contributed by atoms with Crippen molar-refractivity contribution in [2.75, 3.05) is 18.5 Å². The molecule has 0 bridgehead atoms. The number of carbonyl (C=O) groups excluding carboxylic acids is 1. The van der Waals surface area contributed by atoms with Crippen molar-refractivity contribution in [2.24, 2.45) is 5.73 Å². The molecule has 17 heavy (non-hydrogen) atoms. The van der Waals surface area contributed by atoms with Crippen molar-refractivity contribution in [3.8, 4) is 5.75 Å². The van der Waals surface area contributed by atoms with Crippen LogP contribution in [0.2, 0.25) is 0 Å². The number of nitrogens with two attached hydrogens (primary N) is 1. The molecule has 6 nitrogen and oxygen atoms in total. The second kappa shape index (κ2) is 4.31. The number of rotatable bonds is 2. The molecule has 0 radical (unpaired) electrons. The number of hydrogen-bond donors (Lipinski definition) is 3. The highest BCUT2D eigenvalue weighted by Crippen LogP contribution is 2.23. The van der Waals surface area contributed by atoms with E-state index in [1.54, 1.807) is 13.0 Å². The van der Waals surface area contributed by atoms with E-state index in [-0.39, 0.29) is 24.1 Å². The molecule has 1 saturated heterocycles. The number of anilines is 1. The molecule has 0 aliphatic carbocycles. The van der Waals surface area contributed by atoms with Crippen LogP contribution in [-0.4, -0.2) is 34.8 Å². The van der Waals surface area contributed by atoms with E-state index < -0.39 is 5.54 Å². The number of aromatic hydroxyl groups is 1. The van der Waals surface area contributed by atoms with E-state index in [0.29, 0.717) is 18.7 Å². The van der Waals surface area contributed by atoms with Crippen LogP contribution < -0.4 is 11.1 Å². The second-order valence-electron chi connectivity index (χ2n) is 4.23. The van der Waals surface area contributed by atoms with Crippen LogP contribution in [0.4, 0.5) is 5.82 Å². The van der Waals surface area contributed by atoms with Gasteiger partial charge >= 0.3 is 0 Å². The van der Waals surface area contributed by atoms with Gasteiger partial charge in [-0.05, 0) is 25.5 Å². The van der Waals surface area contributed by atoms with Crippen molar-refractivity contribution >= 4 is 11.7 Å². The predicted molar refractivity (Wildman–Crippen MR) is 61.6 cm³/mol. The Balaban J connectivity index is 2.15. The summed E-state index contributed by atoms with van der Waals surface area (Å²) in [5, 5.41) is 12.1. The molecular formula is C11H15N3O3. The van der Waals surface area contributed by atoms with Gasteiger partial charge in [0.25, 0.3) is 0 Å². The van der Waals surface area contributed by atoms with Gasteiger partial charge in [0.15, 0.2) is 11.6 Å². The third-order valence-electron chi connectivity index (χ3n) is 2.75. The smallest absolute Gasteiger partial charge is 0.248 e. The zero-order valence-corrected chi connectivity index (χ0v) is 9.56. The molecule has 1 aromatic heterocycles. The molecule has 1 unspecified atom stereocenters. The lowest BCUT2D eigenvalue weighted by Crippen LogP contribution is -2.51. The third-order valence-corrected chi connectivity index (χ3v) is 2.75. The van der Waals surface area contributed by atoms with Crippen molar-refractivity contribution in [2.45, 2.75) is 18.9 Å². The Morgan fingerprint density at radius 1 is 1.65 bits per heavy atom. The summed E-state index contributed by atoms with van der Waals surface area (Å²) < 4.78 is 5.10. The molecule has 4 N–H and O–H groups in total. The van der Waals surface area contributed by atoms with Gasteiger partial charge in [-0.15, -0.1) is 0 Å². The first kappa shape index (κ1) is 11.8. The quantitative estimate of drug-likeness (QED) is 0.680. The third kappa shape index (κ3) is 2.37. The topological polar surface area (TPSA) is 97.5 Å². The molecular weight excluding hydrogens is 222 g/mol. The second-order valence-corrected chi connectivity index (χ2v) is 4.23. The van der Waals surface area contributed by atoms with Crippen LogP contribution in [0, 0.1) is 6.92 Å². The van der Waals surface area contributed by atoms with Gasteiger partial charge in [0.05, 0.1) is 6.61 Å². The van der Waals surface area contributed by atoms with Crippen LogP contribution in [0.3, 0.4) is 0 Å². The number of ether oxygens (including phenoxy) is 1. The Hall–Kier alpha value is -1.66. The van der Waals surface area contributed by atoms with E-state index in [1.165, 1.54) is 6.07 Å². The van der Waals surface area contributed by atoms with E-state index in [1.807, 2.05) is 0 Å². The highest BCUT2D eigenvalue weighted by atomic mass is 16.5. The molecule has 1 atom stereocenters. The summed E-state index contributed by atoms with van der Waals surface area (Å²) in [4.78, 5) is 16.0. The lowest BCUT2D eigenvalue weighted by Gasteiger charge is -2.20. The normalized spacial score (nSPS) is 23.6. The van der Waals surface area contributed by atoms with Gasteiger partial charge in [-0.2, -0.15) is 0 Å². The fourth-order valence-electron chi connectivity index (χ4n) is 1.63. The van der Waals surface area contributed by atoms with Gasteiger partial charge < -0.3 is 20.9 Å². The molecule has 6 heteroatoms. The standard InChI is InChI=1S/C11H15N3O3/c1-7-2-3-8(15)9(13-7)14-10(16)11(12)4-5-17-6-11/h2-3,15H,4-6,12H2,1H3,(H,13,14,16). The van der Waals surface area contributed by atoms with Gasteiger partial charge in [0.2, 0.25) is 5.91 Å². The molecule has 1 aliphatic rings. The number of carbonyl (C=O) groups is 1. The summed E-state index contributed by atoms with van der Waals surface area (Å²) in [6, 6.07) is 3.13. The minimum atomic E-state index is -1.03. The lowest BCUT2D eigenvalue weighted by atomic mass is 9.99. The molecule has 0 saturated carbocycles. The van der Waals surface area contributed by atoms with E-state index in [9.17, 15) is 9.90 Å². The van der Waals surface area contributed by atoms with E-state index in [2.05, 4.69) is 10.3 Å². The van der Waals surface area contributed by atoms with Gasteiger partial charge in [-0.25, -0.2) is 4.98 Å². The predicted octanol–water partition coefficient (Wildman–Crippen LogP) is 0.152. The first-order valence-corrected chi connectivity index (χ1v) is 5.36. The molecule has 1 aromatic rings. The highest BCUT2D eigenvalue weighted by molar-refractivity contribution is 5.98. The van der Waals surface area contributed by atoms with Gasteiger partial charge in [0, 0.05) is 12.3 Å². The van der Waals surface area contributed by atoms with Crippen molar-refractivity contribution in [1.82, 2.24) is 4.98 Å². The van der Waals surface area contributed by atoms with Crippen molar-refractivity contribution in [3.05, 3.63) is 17.8 Å². The fourth-order valence-corrected chi connectivity index (χ4v) is 1.63. The van der Waals surface area contributed by atoms with Crippen molar-refractivity contribution in [1.29, 1.82) is 0 Å². The number of nitrogens with zero attached hydrogens (tertiary/aromatic N) is 1. The molecule has 0 aromatic carbocycles. The molecule has 1 fully saturated rings. The average molecular weight is 237 g/mol. The molecule has 1 amide bonds. The number of nitrogens with one attached hydrogen (secondary N) is 1. The van der Waals surface area contributed by atoms with E-state index >= 15 is 0 Å². The fraction of sp³-hybridized carbons (Fsp3) is 0.455. The number of pyridine rings is 1. The van der Waals surface area contributed by atoms with E-state index in [4.69, 9.17) is 10.5 Å². The summed E-state index contributed by atoms with van der Waals surface area (Å²) in [5.74, 6) is -0.332. The Kier molecular flexibility index (Phi) is 2.99. The van der Waals surface area contributed by atoms with Gasteiger partial charge in [-0.3, -0.25) is 4.79 Å². The van der Waals surface area contributed by atoms with Crippen LogP contribution in [0.1, 0.15) is 12.1 Å². The zero-order valence-electron chi connectivity index (χ0n) is 9.56. The molecule has 1 aliphatic heterocycles. The summed E-state index contributed by atoms with van der Waals surface area (Å²) in [5.41, 5.74) is 5.56. The monoisotopic (exact) mass is 237 g/mol. The zero-order chi connectivity index (χ0) is 12.5. The Morgan fingerprint density at radius 2 is 2.41 bits per heavy atom. The number of amides is 1. The number of hydrogen-bond acceptors (Lipinski definition) is 5. The maximum absolute atomic E-state index is 11.9. The minimum Gasteiger partial charge on any atom is -0.504 e. The van der Waals surface area contributed by atoms with Crippen molar-refractivity contribution in [3.63, 3.8) is 0 Å². The van der Waals surface area contributed by atoms with Crippen LogP contribution in [-0.2, 0) is 9.53 Å². The van der Waals surface area contributed by atoms with Crippen LogP contribution in [0.15, 0.2) is 12.1 Å². The van der Waals surface area contributed by atoms with Gasteiger partial charge in [-0.1, -0.05) is 0 Å². The minimum absolute atomic E-state index is 0.0773. The SMILES string of the molecule is Cc1ccc(O)c(NC(=O)C2(N)CCOC2)n1. The van der Waals surface area contributed by atoms with Gasteiger partial charge in [0.1, 0.15) is 5.54 Å². The Morgan fingerprint density at radius 3 is 3.06 bits per heavy atom. The summed E-state index contributed by atoms with van der Waals surface area (Å²) in [6.07, 6.45) is 0.464. The maximum atomic E-state index is 11.9. The number of aryl methyl sites for hydroxylation is 1. The average Bonchev–Trinajstić information content (AvgIpc) is 2.72. The van der Waals surface area contributed by atoms with E-state index in [0.717, 1.165) is 0 Å². The largest absolute Gasteiger partial charge is 0.504 e. The van der Waals surface area contributed by atoms with Crippen LogP contribution in [0.5, 0.6) is 5.75 Å².